The standard InChI is InChI=1S/C39H70O2/c1-7-8-9-10-11-12-13-14-15-22-37(40)41-36-21-17-20-31-23-24-32-34-26-25-33(30(4)19-16-18-29(2)3)38(34,5)28-27-35(32)39(31,36)6/h29-36H,7-28H2,1-6H3/t30-,31+,32+,33-,34+,35+,36?,38-,39+/m1/s1. The first-order chi connectivity index (χ1) is 19.7. The number of hydrogen-bond acceptors (Lipinski definition) is 2. The van der Waals surface area contributed by atoms with Crippen molar-refractivity contribution in [1.82, 2.24) is 0 Å². The SMILES string of the molecule is CCCCCCCCCCCC(=O)OC1CCC[C@H]2CC[C@H]3[C@@H]4CC[C@H]([C@H](C)CCCC(C)C)[C@@]4(C)CC[C@@H]3[C@@]12C. The van der Waals surface area contributed by atoms with Crippen LogP contribution in [0.3, 0.4) is 0 Å². The summed E-state index contributed by atoms with van der Waals surface area (Å²) in [6.45, 7) is 14.9. The maximum atomic E-state index is 13.2. The van der Waals surface area contributed by atoms with Crippen LogP contribution in [0.1, 0.15) is 183 Å². The minimum Gasteiger partial charge on any atom is -0.462 e. The lowest BCUT2D eigenvalue weighted by atomic mass is 9.44. The fourth-order valence-electron chi connectivity index (χ4n) is 11.3. The molecule has 0 aliphatic heterocycles. The van der Waals surface area contributed by atoms with Crippen molar-refractivity contribution in [3.63, 3.8) is 0 Å². The first-order valence-electron chi connectivity index (χ1n) is 18.9. The highest BCUT2D eigenvalue weighted by Crippen LogP contribution is 2.68. The Morgan fingerprint density at radius 3 is 2.17 bits per heavy atom. The van der Waals surface area contributed by atoms with Crippen LogP contribution in [0.25, 0.3) is 0 Å². The van der Waals surface area contributed by atoms with Crippen LogP contribution < -0.4 is 0 Å². The second kappa shape index (κ2) is 15.5. The summed E-state index contributed by atoms with van der Waals surface area (Å²) in [7, 11) is 0. The van der Waals surface area contributed by atoms with E-state index < -0.39 is 0 Å². The Balaban J connectivity index is 1.31. The summed E-state index contributed by atoms with van der Waals surface area (Å²) < 4.78 is 6.51. The molecule has 4 aliphatic carbocycles. The minimum atomic E-state index is 0.110. The predicted molar refractivity (Wildman–Crippen MR) is 175 cm³/mol. The van der Waals surface area contributed by atoms with Gasteiger partial charge in [0.1, 0.15) is 6.10 Å². The van der Waals surface area contributed by atoms with E-state index in [4.69, 9.17) is 4.74 Å². The summed E-state index contributed by atoms with van der Waals surface area (Å²) >= 11 is 0. The molecule has 0 N–H and O–H groups in total. The number of unbranched alkanes of at least 4 members (excludes halogenated alkanes) is 8. The highest BCUT2D eigenvalue weighted by atomic mass is 16.5. The monoisotopic (exact) mass is 571 g/mol. The molecule has 2 heteroatoms. The summed E-state index contributed by atoms with van der Waals surface area (Å²) in [4.78, 5) is 13.2. The van der Waals surface area contributed by atoms with Gasteiger partial charge in [0, 0.05) is 11.8 Å². The summed E-state index contributed by atoms with van der Waals surface area (Å²) in [5.74, 6) is 6.02. The lowest BCUT2D eigenvalue weighted by Crippen LogP contribution is -2.58. The van der Waals surface area contributed by atoms with Gasteiger partial charge in [-0.05, 0) is 111 Å². The zero-order valence-corrected chi connectivity index (χ0v) is 28.5. The average Bonchev–Trinajstić information content (AvgIpc) is 3.29. The van der Waals surface area contributed by atoms with Gasteiger partial charge < -0.3 is 4.74 Å². The van der Waals surface area contributed by atoms with Gasteiger partial charge in [-0.3, -0.25) is 4.79 Å². The summed E-state index contributed by atoms with van der Waals surface area (Å²) in [6.07, 6.45) is 29.0. The van der Waals surface area contributed by atoms with E-state index in [1.54, 1.807) is 0 Å². The van der Waals surface area contributed by atoms with E-state index in [0.717, 1.165) is 54.3 Å². The molecule has 0 spiro atoms. The van der Waals surface area contributed by atoms with Crippen molar-refractivity contribution in [2.45, 2.75) is 189 Å². The zero-order chi connectivity index (χ0) is 29.5. The van der Waals surface area contributed by atoms with Crippen molar-refractivity contribution in [3.05, 3.63) is 0 Å². The van der Waals surface area contributed by atoms with E-state index in [9.17, 15) is 4.79 Å². The third kappa shape index (κ3) is 7.77. The van der Waals surface area contributed by atoms with E-state index in [-0.39, 0.29) is 17.5 Å². The first kappa shape index (κ1) is 33.4. The normalized spacial score (nSPS) is 37.3. The third-order valence-corrected chi connectivity index (χ3v) is 13.6. The van der Waals surface area contributed by atoms with Gasteiger partial charge in [0.25, 0.3) is 0 Å². The van der Waals surface area contributed by atoms with Gasteiger partial charge in [-0.15, -0.1) is 0 Å². The summed E-state index contributed by atoms with van der Waals surface area (Å²) in [5, 5.41) is 0. The Labute approximate surface area is 256 Å². The number of hydrogen-bond donors (Lipinski definition) is 0. The Kier molecular flexibility index (Phi) is 12.6. The number of esters is 1. The lowest BCUT2D eigenvalue weighted by Gasteiger charge is -2.62. The Morgan fingerprint density at radius 1 is 0.756 bits per heavy atom. The van der Waals surface area contributed by atoms with Crippen LogP contribution in [0, 0.1) is 52.3 Å². The molecule has 238 valence electrons. The maximum Gasteiger partial charge on any atom is 0.306 e. The van der Waals surface area contributed by atoms with Crippen molar-refractivity contribution in [2.75, 3.05) is 0 Å². The molecule has 41 heavy (non-hydrogen) atoms. The molecule has 4 rings (SSSR count). The van der Waals surface area contributed by atoms with Gasteiger partial charge in [0.05, 0.1) is 0 Å². The van der Waals surface area contributed by atoms with Crippen LogP contribution in [0.5, 0.6) is 0 Å². The molecule has 9 atom stereocenters. The Bertz CT molecular complexity index is 788. The van der Waals surface area contributed by atoms with Crippen LogP contribution in [0.4, 0.5) is 0 Å². The third-order valence-electron chi connectivity index (χ3n) is 13.6. The molecule has 4 fully saturated rings. The highest BCUT2D eigenvalue weighted by Gasteiger charge is 2.62. The molecule has 0 saturated heterocycles. The van der Waals surface area contributed by atoms with Gasteiger partial charge >= 0.3 is 5.97 Å². The highest BCUT2D eigenvalue weighted by molar-refractivity contribution is 5.69. The van der Waals surface area contributed by atoms with Crippen molar-refractivity contribution >= 4 is 5.97 Å². The average molecular weight is 571 g/mol. The topological polar surface area (TPSA) is 26.3 Å². The van der Waals surface area contributed by atoms with Crippen LogP contribution in [-0.4, -0.2) is 12.1 Å². The van der Waals surface area contributed by atoms with Crippen molar-refractivity contribution < 1.29 is 9.53 Å². The van der Waals surface area contributed by atoms with E-state index in [0.29, 0.717) is 11.8 Å². The molecule has 0 heterocycles. The second-order valence-electron chi connectivity index (χ2n) is 16.5. The summed E-state index contributed by atoms with van der Waals surface area (Å²) in [6, 6.07) is 0. The van der Waals surface area contributed by atoms with Crippen molar-refractivity contribution in [3.8, 4) is 0 Å². The fraction of sp³-hybridized carbons (Fsp3) is 0.974. The molecule has 2 nitrogen and oxygen atoms in total. The van der Waals surface area contributed by atoms with Crippen LogP contribution in [0.15, 0.2) is 0 Å². The molecule has 0 aromatic rings. The Morgan fingerprint density at radius 2 is 1.46 bits per heavy atom. The van der Waals surface area contributed by atoms with Crippen LogP contribution >= 0.6 is 0 Å². The van der Waals surface area contributed by atoms with Crippen LogP contribution in [-0.2, 0) is 9.53 Å². The molecular weight excluding hydrogens is 500 g/mol. The smallest absolute Gasteiger partial charge is 0.306 e. The van der Waals surface area contributed by atoms with Gasteiger partial charge in [-0.25, -0.2) is 0 Å². The molecule has 0 amide bonds. The van der Waals surface area contributed by atoms with Gasteiger partial charge in [0.2, 0.25) is 0 Å². The van der Waals surface area contributed by atoms with Crippen molar-refractivity contribution in [2.24, 2.45) is 52.3 Å². The number of carbonyl (C=O) groups is 1. The first-order valence-corrected chi connectivity index (χ1v) is 18.9. The molecule has 0 radical (unpaired) electrons. The number of rotatable bonds is 16. The Hall–Kier alpha value is -0.530. The number of carbonyl (C=O) groups excluding carboxylic acids is 1. The lowest BCUT2D eigenvalue weighted by molar-refractivity contribution is -0.192. The molecular formula is C39H70O2. The number of ether oxygens (including phenoxy) is 1. The maximum absolute atomic E-state index is 13.2. The quantitative estimate of drug-likeness (QED) is 0.136. The van der Waals surface area contributed by atoms with Gasteiger partial charge in [-0.2, -0.15) is 0 Å². The van der Waals surface area contributed by atoms with E-state index in [1.807, 2.05) is 0 Å². The number of fused-ring (bicyclic) bond motifs is 5. The summed E-state index contributed by atoms with van der Waals surface area (Å²) in [5.41, 5.74) is 0.746. The fourth-order valence-corrected chi connectivity index (χ4v) is 11.3. The molecule has 4 saturated carbocycles. The second-order valence-corrected chi connectivity index (χ2v) is 16.5. The van der Waals surface area contributed by atoms with Gasteiger partial charge in [0.15, 0.2) is 0 Å². The largest absolute Gasteiger partial charge is 0.462 e. The molecule has 0 aromatic heterocycles. The van der Waals surface area contributed by atoms with Gasteiger partial charge in [-0.1, -0.05) is 112 Å². The molecule has 0 aromatic carbocycles. The molecule has 4 aliphatic rings. The molecule has 1 unspecified atom stereocenters. The molecule has 0 bridgehead atoms. The van der Waals surface area contributed by atoms with E-state index in [2.05, 4.69) is 41.5 Å². The van der Waals surface area contributed by atoms with Crippen molar-refractivity contribution in [1.29, 1.82) is 0 Å². The van der Waals surface area contributed by atoms with E-state index in [1.165, 1.54) is 122 Å². The zero-order valence-electron chi connectivity index (χ0n) is 28.5. The van der Waals surface area contributed by atoms with Crippen LogP contribution in [0.2, 0.25) is 0 Å². The van der Waals surface area contributed by atoms with E-state index >= 15 is 0 Å². The predicted octanol–water partition coefficient (Wildman–Crippen LogP) is 11.9. The minimum absolute atomic E-state index is 0.110.